The first-order chi connectivity index (χ1) is 20.8. The zero-order chi connectivity index (χ0) is 30.5. The summed E-state index contributed by atoms with van der Waals surface area (Å²) in [5.74, 6) is -0.759. The van der Waals surface area contributed by atoms with E-state index in [0.717, 1.165) is 47.1 Å². The number of unbranched alkanes of at least 4 members (excludes halogenated alkanes) is 3. The van der Waals surface area contributed by atoms with Crippen molar-refractivity contribution in [1.82, 2.24) is 19.4 Å². The molecular weight excluding hydrogens is 542 g/mol. The van der Waals surface area contributed by atoms with Crippen LogP contribution in [0.4, 0.5) is 0 Å². The SMILES string of the molecule is CCCCCCN1C(=O)c2ccccc2[C@@H](CN=C(C)c2c(O)n(-c3ccc(C)cc3)c(=O)[nH]c2=O)[C@H]1c1ccccn1. The second kappa shape index (κ2) is 13.0. The van der Waals surface area contributed by atoms with E-state index in [2.05, 4.69) is 16.9 Å². The molecule has 9 nitrogen and oxygen atoms in total. The van der Waals surface area contributed by atoms with Crippen molar-refractivity contribution < 1.29 is 9.90 Å². The number of aromatic nitrogens is 3. The molecule has 5 rings (SSSR count). The van der Waals surface area contributed by atoms with E-state index in [1.807, 2.05) is 66.4 Å². The van der Waals surface area contributed by atoms with Crippen molar-refractivity contribution >= 4 is 11.6 Å². The third kappa shape index (κ3) is 6.07. The molecule has 0 saturated heterocycles. The summed E-state index contributed by atoms with van der Waals surface area (Å²) in [6.07, 6.45) is 5.83. The van der Waals surface area contributed by atoms with E-state index in [1.165, 1.54) is 0 Å². The number of fused-ring (bicyclic) bond motifs is 1. The summed E-state index contributed by atoms with van der Waals surface area (Å²) >= 11 is 0. The summed E-state index contributed by atoms with van der Waals surface area (Å²) in [4.78, 5) is 53.2. The van der Waals surface area contributed by atoms with Crippen LogP contribution in [0.15, 0.2) is 87.5 Å². The van der Waals surface area contributed by atoms with Gasteiger partial charge in [-0.3, -0.25) is 24.5 Å². The maximum absolute atomic E-state index is 13.8. The lowest BCUT2D eigenvalue weighted by molar-refractivity contribution is 0.0601. The van der Waals surface area contributed by atoms with E-state index >= 15 is 0 Å². The van der Waals surface area contributed by atoms with E-state index in [1.54, 1.807) is 25.3 Å². The molecule has 0 fully saturated rings. The minimum absolute atomic E-state index is 0.0287. The molecule has 0 unspecified atom stereocenters. The predicted molar refractivity (Wildman–Crippen MR) is 167 cm³/mol. The summed E-state index contributed by atoms with van der Waals surface area (Å²) < 4.78 is 1.07. The largest absolute Gasteiger partial charge is 0.493 e. The molecule has 3 heterocycles. The Morgan fingerprint density at radius 1 is 0.977 bits per heavy atom. The number of aliphatic imine (C=N–C) groups is 1. The van der Waals surface area contributed by atoms with Gasteiger partial charge in [-0.05, 0) is 56.2 Å². The van der Waals surface area contributed by atoms with Gasteiger partial charge >= 0.3 is 5.69 Å². The predicted octanol–water partition coefficient (Wildman–Crippen LogP) is 5.31. The lowest BCUT2D eigenvalue weighted by Crippen LogP contribution is -2.44. The van der Waals surface area contributed by atoms with Crippen LogP contribution in [0, 0.1) is 6.92 Å². The first-order valence-electron chi connectivity index (χ1n) is 14.8. The summed E-state index contributed by atoms with van der Waals surface area (Å²) in [6, 6.07) is 20.0. The lowest BCUT2D eigenvalue weighted by Gasteiger charge is -2.41. The van der Waals surface area contributed by atoms with Gasteiger partial charge in [0.05, 0.1) is 17.4 Å². The van der Waals surface area contributed by atoms with Crippen molar-refractivity contribution in [2.75, 3.05) is 13.1 Å². The molecule has 1 amide bonds. The van der Waals surface area contributed by atoms with E-state index in [0.29, 0.717) is 17.8 Å². The number of hydrogen-bond acceptors (Lipinski definition) is 6. The van der Waals surface area contributed by atoms with E-state index < -0.39 is 17.1 Å². The Bertz CT molecular complexity index is 1740. The normalized spacial score (nSPS) is 16.8. The second-order valence-electron chi connectivity index (χ2n) is 11.0. The topological polar surface area (TPSA) is 121 Å². The van der Waals surface area contributed by atoms with Gasteiger partial charge in [0.15, 0.2) is 0 Å². The highest BCUT2D eigenvalue weighted by molar-refractivity contribution is 6.00. The lowest BCUT2D eigenvalue weighted by atomic mass is 9.81. The number of carbonyl (C=O) groups is 1. The van der Waals surface area contributed by atoms with Crippen molar-refractivity contribution in [3.8, 4) is 11.6 Å². The quantitative estimate of drug-likeness (QED) is 0.195. The van der Waals surface area contributed by atoms with Crippen LogP contribution in [-0.2, 0) is 0 Å². The van der Waals surface area contributed by atoms with Crippen LogP contribution in [-0.4, -0.2) is 49.2 Å². The number of aromatic amines is 1. The number of rotatable bonds is 10. The number of nitrogens with zero attached hydrogens (tertiary/aromatic N) is 4. The third-order valence-corrected chi connectivity index (χ3v) is 8.08. The third-order valence-electron chi connectivity index (χ3n) is 8.08. The molecule has 0 aliphatic carbocycles. The molecule has 2 N–H and O–H groups in total. The van der Waals surface area contributed by atoms with Crippen molar-refractivity contribution in [1.29, 1.82) is 0 Å². The fourth-order valence-corrected chi connectivity index (χ4v) is 5.85. The van der Waals surface area contributed by atoms with E-state index in [9.17, 15) is 19.5 Å². The number of aromatic hydroxyl groups is 1. The first-order valence-corrected chi connectivity index (χ1v) is 14.8. The molecule has 1 aliphatic heterocycles. The highest BCUT2D eigenvalue weighted by Crippen LogP contribution is 2.42. The van der Waals surface area contributed by atoms with Gasteiger partial charge in [-0.15, -0.1) is 0 Å². The number of pyridine rings is 1. The molecule has 0 radical (unpaired) electrons. The molecule has 2 aromatic carbocycles. The van der Waals surface area contributed by atoms with Crippen molar-refractivity contribution in [2.24, 2.45) is 4.99 Å². The zero-order valence-corrected chi connectivity index (χ0v) is 24.8. The average molecular weight is 580 g/mol. The minimum Gasteiger partial charge on any atom is -0.493 e. The van der Waals surface area contributed by atoms with Crippen LogP contribution in [0.2, 0.25) is 0 Å². The maximum Gasteiger partial charge on any atom is 0.335 e. The number of hydrogen-bond donors (Lipinski definition) is 2. The maximum atomic E-state index is 13.8. The summed E-state index contributed by atoms with van der Waals surface area (Å²) in [5.41, 5.74) is 2.44. The molecule has 0 saturated carbocycles. The molecule has 0 bridgehead atoms. The standard InChI is InChI=1S/C34H37N5O4/c1-4-5-6-11-20-38-30(28-14-9-10-19-35-28)27(25-12-7-8-13-26(25)32(38)41)21-36-23(3)29-31(40)37-34(43)39(33(29)42)24-17-15-22(2)16-18-24/h7-10,12-19,27,30,42H,4-6,11,20-21H2,1-3H3,(H,37,40,43)/t27-,30+/m1/s1. The minimum atomic E-state index is -0.739. The Labute approximate surface area is 250 Å². The van der Waals surface area contributed by atoms with E-state index in [-0.39, 0.29) is 35.7 Å². The van der Waals surface area contributed by atoms with Crippen molar-refractivity contribution in [3.05, 3.63) is 122 Å². The number of aryl methyl sites for hydroxylation is 1. The molecular formula is C34H37N5O4. The zero-order valence-electron chi connectivity index (χ0n) is 24.8. The molecule has 0 spiro atoms. The van der Waals surface area contributed by atoms with Gasteiger partial charge in [0.2, 0.25) is 5.88 Å². The Morgan fingerprint density at radius 2 is 1.72 bits per heavy atom. The van der Waals surface area contributed by atoms with Crippen LogP contribution in [0.25, 0.3) is 5.69 Å². The van der Waals surface area contributed by atoms with Crippen molar-refractivity contribution in [3.63, 3.8) is 0 Å². The number of amides is 1. The number of carbonyl (C=O) groups excluding carboxylic acids is 1. The monoisotopic (exact) mass is 579 g/mol. The molecule has 2 aromatic heterocycles. The van der Waals surface area contributed by atoms with Crippen LogP contribution < -0.4 is 11.2 Å². The molecule has 43 heavy (non-hydrogen) atoms. The van der Waals surface area contributed by atoms with Crippen LogP contribution in [0.3, 0.4) is 0 Å². The van der Waals surface area contributed by atoms with Gasteiger partial charge in [0, 0.05) is 36.5 Å². The van der Waals surface area contributed by atoms with Gasteiger partial charge in [-0.2, -0.15) is 0 Å². The van der Waals surface area contributed by atoms with Gasteiger partial charge in [-0.1, -0.05) is 68.1 Å². The highest BCUT2D eigenvalue weighted by Gasteiger charge is 2.40. The van der Waals surface area contributed by atoms with Crippen LogP contribution >= 0.6 is 0 Å². The van der Waals surface area contributed by atoms with Crippen LogP contribution in [0.1, 0.15) is 84.2 Å². The average Bonchev–Trinajstić information content (AvgIpc) is 3.00. The Balaban J connectivity index is 1.57. The number of H-pyrrole nitrogens is 1. The summed E-state index contributed by atoms with van der Waals surface area (Å²) in [5, 5.41) is 11.2. The van der Waals surface area contributed by atoms with E-state index in [4.69, 9.17) is 4.99 Å². The second-order valence-corrected chi connectivity index (χ2v) is 11.0. The first kappa shape index (κ1) is 29.7. The van der Waals surface area contributed by atoms with Gasteiger partial charge in [0.25, 0.3) is 11.5 Å². The Kier molecular flexibility index (Phi) is 8.99. The fraction of sp³-hybridized carbons (Fsp3) is 0.324. The molecule has 2 atom stereocenters. The van der Waals surface area contributed by atoms with Gasteiger partial charge in [-0.25, -0.2) is 9.36 Å². The summed E-state index contributed by atoms with van der Waals surface area (Å²) in [7, 11) is 0. The number of benzene rings is 2. The smallest absolute Gasteiger partial charge is 0.335 e. The molecule has 1 aliphatic rings. The Hall–Kier alpha value is -4.79. The van der Waals surface area contributed by atoms with Gasteiger partial charge < -0.3 is 10.0 Å². The summed E-state index contributed by atoms with van der Waals surface area (Å²) in [6.45, 7) is 6.54. The molecule has 222 valence electrons. The fourth-order valence-electron chi connectivity index (χ4n) is 5.85. The Morgan fingerprint density at radius 3 is 2.44 bits per heavy atom. The van der Waals surface area contributed by atoms with Crippen LogP contribution in [0.5, 0.6) is 5.88 Å². The molecule has 4 aromatic rings. The van der Waals surface area contributed by atoms with Gasteiger partial charge in [0.1, 0.15) is 5.56 Å². The number of nitrogens with one attached hydrogen (secondary N) is 1. The molecule has 9 heteroatoms. The van der Waals surface area contributed by atoms with Crippen molar-refractivity contribution in [2.45, 2.75) is 58.4 Å². The highest BCUT2D eigenvalue weighted by atomic mass is 16.3.